The topological polar surface area (TPSA) is 56.8 Å². The molecule has 0 spiro atoms. The number of carbonyl (C=O) groups is 1. The van der Waals surface area contributed by atoms with Crippen molar-refractivity contribution in [1.82, 2.24) is 5.32 Å². The smallest absolute Gasteiger partial charge is 0.251 e. The van der Waals surface area contributed by atoms with Gasteiger partial charge in [0.25, 0.3) is 5.91 Å². The SMILES string of the molecule is COc1cc(C(=O)NCC23C[C@H]4C[C@@H](C2)CC(c2ccc(C)c(C)c2)(C4)C3)cc(OC)c1OC. The van der Waals surface area contributed by atoms with Gasteiger partial charge in [-0.1, -0.05) is 18.2 Å². The van der Waals surface area contributed by atoms with Crippen LogP contribution < -0.4 is 19.5 Å². The molecule has 0 aromatic heterocycles. The number of rotatable bonds is 7. The molecule has 0 saturated heterocycles. The van der Waals surface area contributed by atoms with Gasteiger partial charge in [-0.05, 0) is 104 Å². The molecule has 0 aliphatic heterocycles. The zero-order valence-electron chi connectivity index (χ0n) is 21.1. The van der Waals surface area contributed by atoms with Crippen LogP contribution in [0.4, 0.5) is 0 Å². The van der Waals surface area contributed by atoms with Gasteiger partial charge in [0, 0.05) is 12.1 Å². The maximum atomic E-state index is 13.2. The number of hydrogen-bond acceptors (Lipinski definition) is 4. The Bertz CT molecular complexity index is 1070. The predicted molar refractivity (Wildman–Crippen MR) is 133 cm³/mol. The van der Waals surface area contributed by atoms with Gasteiger partial charge in [-0.3, -0.25) is 4.79 Å². The summed E-state index contributed by atoms with van der Waals surface area (Å²) >= 11 is 0. The van der Waals surface area contributed by atoms with Crippen molar-refractivity contribution in [2.45, 2.75) is 57.8 Å². The molecule has 4 fully saturated rings. The first kappa shape index (κ1) is 23.1. The number of amides is 1. The molecule has 4 aliphatic rings. The fraction of sp³-hybridized carbons (Fsp3) is 0.552. The maximum Gasteiger partial charge on any atom is 0.251 e. The van der Waals surface area contributed by atoms with Crippen LogP contribution in [0.3, 0.4) is 0 Å². The first-order valence-corrected chi connectivity index (χ1v) is 12.5. The first-order chi connectivity index (χ1) is 16.3. The van der Waals surface area contributed by atoms with Crippen LogP contribution in [0.25, 0.3) is 0 Å². The molecule has 2 aromatic rings. The van der Waals surface area contributed by atoms with Crippen molar-refractivity contribution in [3.05, 3.63) is 52.6 Å². The third-order valence-electron chi connectivity index (χ3n) is 8.85. The Hall–Kier alpha value is -2.69. The molecule has 0 radical (unpaired) electrons. The summed E-state index contributed by atoms with van der Waals surface area (Å²) in [5.74, 6) is 2.93. The lowest BCUT2D eigenvalue weighted by Crippen LogP contribution is -2.57. The summed E-state index contributed by atoms with van der Waals surface area (Å²) in [6.07, 6.45) is 7.58. The third kappa shape index (κ3) is 3.83. The van der Waals surface area contributed by atoms with Crippen molar-refractivity contribution in [3.63, 3.8) is 0 Å². The van der Waals surface area contributed by atoms with Crippen molar-refractivity contribution in [2.75, 3.05) is 27.9 Å². The van der Waals surface area contributed by atoms with Crippen LogP contribution in [0.5, 0.6) is 17.2 Å². The van der Waals surface area contributed by atoms with E-state index in [-0.39, 0.29) is 16.7 Å². The predicted octanol–water partition coefficient (Wildman–Crippen LogP) is 5.60. The molecular weight excluding hydrogens is 426 g/mol. The van der Waals surface area contributed by atoms with E-state index < -0.39 is 0 Å². The number of carbonyl (C=O) groups excluding carboxylic acids is 1. The molecule has 0 heterocycles. The highest BCUT2D eigenvalue weighted by molar-refractivity contribution is 5.95. The van der Waals surface area contributed by atoms with Crippen molar-refractivity contribution in [2.24, 2.45) is 17.3 Å². The number of benzene rings is 2. The maximum absolute atomic E-state index is 13.2. The Morgan fingerprint density at radius 3 is 2.12 bits per heavy atom. The van der Waals surface area contributed by atoms with Gasteiger partial charge in [0.2, 0.25) is 5.75 Å². The lowest BCUT2D eigenvalue weighted by Gasteiger charge is -2.62. The van der Waals surface area contributed by atoms with Gasteiger partial charge < -0.3 is 19.5 Å². The Kier molecular flexibility index (Phi) is 5.78. The molecule has 34 heavy (non-hydrogen) atoms. The second-order valence-electron chi connectivity index (χ2n) is 11.1. The molecule has 4 saturated carbocycles. The fourth-order valence-corrected chi connectivity index (χ4v) is 7.65. The van der Waals surface area contributed by atoms with Crippen molar-refractivity contribution in [1.29, 1.82) is 0 Å². The highest BCUT2D eigenvalue weighted by Crippen LogP contribution is 2.65. The second kappa shape index (κ2) is 8.51. The normalized spacial score (nSPS) is 29.1. The van der Waals surface area contributed by atoms with Gasteiger partial charge in [-0.15, -0.1) is 0 Å². The number of nitrogens with one attached hydrogen (secondary N) is 1. The van der Waals surface area contributed by atoms with Crippen LogP contribution in [0, 0.1) is 31.1 Å². The van der Waals surface area contributed by atoms with Gasteiger partial charge in [0.15, 0.2) is 11.5 Å². The number of methoxy groups -OCH3 is 3. The monoisotopic (exact) mass is 463 g/mol. The molecule has 4 aliphatic carbocycles. The van der Waals surface area contributed by atoms with E-state index in [1.807, 2.05) is 0 Å². The number of aryl methyl sites for hydroxylation is 2. The van der Waals surface area contributed by atoms with Gasteiger partial charge in [-0.25, -0.2) is 0 Å². The van der Waals surface area contributed by atoms with Gasteiger partial charge >= 0.3 is 0 Å². The lowest BCUT2D eigenvalue weighted by atomic mass is 9.43. The quantitative estimate of drug-likeness (QED) is 0.581. The molecule has 4 bridgehead atoms. The minimum absolute atomic E-state index is 0.0878. The summed E-state index contributed by atoms with van der Waals surface area (Å²) in [6.45, 7) is 5.15. The largest absolute Gasteiger partial charge is 0.493 e. The van der Waals surface area contributed by atoms with Crippen molar-refractivity contribution in [3.8, 4) is 17.2 Å². The Morgan fingerprint density at radius 2 is 1.56 bits per heavy atom. The number of hydrogen-bond donors (Lipinski definition) is 1. The highest BCUT2D eigenvalue weighted by atomic mass is 16.5. The van der Waals surface area contributed by atoms with E-state index in [0.29, 0.717) is 22.8 Å². The molecule has 2 unspecified atom stereocenters. The Labute approximate surface area is 203 Å². The standard InChI is InChI=1S/C29H37NO4/c1-18-6-7-23(8-19(18)2)29-14-20-9-21(15-29)13-28(12-20,16-29)17-30-27(31)22-10-24(32-3)26(34-5)25(11-22)33-4/h6-8,10-11,20-21H,9,12-17H2,1-5H3,(H,30,31)/t20-,21+,28?,29?. The minimum atomic E-state index is -0.0878. The molecule has 6 rings (SSSR count). The zero-order valence-corrected chi connectivity index (χ0v) is 21.1. The summed E-state index contributed by atoms with van der Waals surface area (Å²) in [6, 6.07) is 10.6. The first-order valence-electron chi connectivity index (χ1n) is 12.5. The lowest BCUT2D eigenvalue weighted by molar-refractivity contribution is -0.0697. The van der Waals surface area contributed by atoms with Gasteiger partial charge in [-0.2, -0.15) is 0 Å². The van der Waals surface area contributed by atoms with Gasteiger partial charge in [0.1, 0.15) is 0 Å². The zero-order chi connectivity index (χ0) is 24.1. The van der Waals surface area contributed by atoms with Crippen LogP contribution >= 0.6 is 0 Å². The van der Waals surface area contributed by atoms with E-state index >= 15 is 0 Å². The van der Waals surface area contributed by atoms with E-state index in [2.05, 4.69) is 37.4 Å². The number of ether oxygens (including phenoxy) is 3. The van der Waals surface area contributed by atoms with Crippen LogP contribution in [-0.2, 0) is 5.41 Å². The van der Waals surface area contributed by atoms with Crippen LogP contribution in [0.2, 0.25) is 0 Å². The van der Waals surface area contributed by atoms with Crippen molar-refractivity contribution < 1.29 is 19.0 Å². The summed E-state index contributed by atoms with van der Waals surface area (Å²) in [7, 11) is 4.71. The summed E-state index contributed by atoms with van der Waals surface area (Å²) in [4.78, 5) is 13.2. The van der Waals surface area contributed by atoms with Gasteiger partial charge in [0.05, 0.1) is 21.3 Å². The average Bonchev–Trinajstić information content (AvgIpc) is 2.82. The van der Waals surface area contributed by atoms with E-state index in [1.54, 1.807) is 33.5 Å². The average molecular weight is 464 g/mol. The Balaban J connectivity index is 1.38. The molecule has 5 nitrogen and oxygen atoms in total. The Morgan fingerprint density at radius 1 is 0.912 bits per heavy atom. The molecule has 1 N–H and O–H groups in total. The van der Waals surface area contributed by atoms with Crippen LogP contribution in [0.1, 0.15) is 65.6 Å². The van der Waals surface area contributed by atoms with Crippen molar-refractivity contribution >= 4 is 5.91 Å². The van der Waals surface area contributed by atoms with E-state index in [9.17, 15) is 4.79 Å². The molecule has 1 amide bonds. The minimum Gasteiger partial charge on any atom is -0.493 e. The third-order valence-corrected chi connectivity index (χ3v) is 8.85. The second-order valence-corrected chi connectivity index (χ2v) is 11.1. The highest BCUT2D eigenvalue weighted by Gasteiger charge is 2.58. The van der Waals surface area contributed by atoms with Crippen LogP contribution in [0.15, 0.2) is 30.3 Å². The molecule has 5 heteroatoms. The van der Waals surface area contributed by atoms with Crippen LogP contribution in [-0.4, -0.2) is 33.8 Å². The summed E-state index contributed by atoms with van der Waals surface area (Å²) in [5, 5.41) is 3.29. The van der Waals surface area contributed by atoms with E-state index in [0.717, 1.165) is 18.4 Å². The van der Waals surface area contributed by atoms with E-state index in [1.165, 1.54) is 55.2 Å². The molecule has 182 valence electrons. The molecular formula is C29H37NO4. The summed E-state index contributed by atoms with van der Waals surface area (Å²) < 4.78 is 16.3. The molecule has 4 atom stereocenters. The van der Waals surface area contributed by atoms with E-state index in [4.69, 9.17) is 14.2 Å². The molecule has 2 aromatic carbocycles. The fourth-order valence-electron chi connectivity index (χ4n) is 7.65. The summed E-state index contributed by atoms with van der Waals surface area (Å²) in [5.41, 5.74) is 5.24.